The highest BCUT2D eigenvalue weighted by molar-refractivity contribution is 7.22. The van der Waals surface area contributed by atoms with Crippen molar-refractivity contribution in [3.05, 3.63) is 93.5 Å². The quantitative estimate of drug-likeness (QED) is 0.203. The van der Waals surface area contributed by atoms with Crippen LogP contribution in [0.15, 0.2) is 66.2 Å². The number of fused-ring (bicyclic) bond motifs is 1. The number of thiazole rings is 1. The fraction of sp³-hybridized carbons (Fsp3) is 0.148. The van der Waals surface area contributed by atoms with E-state index in [2.05, 4.69) is 4.98 Å². The number of methoxy groups -OCH3 is 1. The van der Waals surface area contributed by atoms with E-state index < -0.39 is 17.7 Å². The van der Waals surface area contributed by atoms with Gasteiger partial charge in [0.15, 0.2) is 5.13 Å². The molecule has 1 saturated heterocycles. The maximum absolute atomic E-state index is 13.4. The number of carbonyl (C=O) groups is 2. The lowest BCUT2D eigenvalue weighted by Gasteiger charge is -2.23. The fourth-order valence-corrected chi connectivity index (χ4v) is 5.51. The first-order valence-electron chi connectivity index (χ1n) is 10.9. The molecule has 1 atom stereocenters. The third-order valence-electron chi connectivity index (χ3n) is 6.04. The number of anilines is 1. The second-order valence-electron chi connectivity index (χ2n) is 8.37. The molecule has 1 aliphatic heterocycles. The number of carbonyl (C=O) groups excluding carboxylic acids is 2. The van der Waals surface area contributed by atoms with E-state index in [4.69, 9.17) is 16.3 Å². The van der Waals surface area contributed by atoms with Gasteiger partial charge in [-0.15, -0.1) is 0 Å². The summed E-state index contributed by atoms with van der Waals surface area (Å²) in [6, 6.07) is 16.9. The van der Waals surface area contributed by atoms with Crippen molar-refractivity contribution in [2.75, 3.05) is 12.0 Å². The smallest absolute Gasteiger partial charge is 0.301 e. The third-order valence-corrected chi connectivity index (χ3v) is 7.31. The molecule has 0 unspecified atom stereocenters. The minimum atomic E-state index is -0.865. The van der Waals surface area contributed by atoms with Crippen LogP contribution < -0.4 is 9.64 Å². The first kappa shape index (κ1) is 23.1. The van der Waals surface area contributed by atoms with Crippen LogP contribution in [-0.4, -0.2) is 28.9 Å². The van der Waals surface area contributed by atoms with Gasteiger partial charge in [-0.05, 0) is 73.0 Å². The molecule has 5 rings (SSSR count). The fourth-order valence-electron chi connectivity index (χ4n) is 4.29. The van der Waals surface area contributed by atoms with Crippen molar-refractivity contribution < 1.29 is 19.4 Å². The van der Waals surface area contributed by atoms with Crippen molar-refractivity contribution in [2.45, 2.75) is 19.9 Å². The van der Waals surface area contributed by atoms with Crippen LogP contribution in [0.2, 0.25) is 5.02 Å². The van der Waals surface area contributed by atoms with Crippen molar-refractivity contribution in [3.63, 3.8) is 0 Å². The van der Waals surface area contributed by atoms with Gasteiger partial charge >= 0.3 is 5.91 Å². The minimum absolute atomic E-state index is 0.00248. The molecule has 1 N–H and O–H groups in total. The van der Waals surface area contributed by atoms with Crippen LogP contribution in [0.1, 0.15) is 28.3 Å². The van der Waals surface area contributed by atoms with Gasteiger partial charge in [0, 0.05) is 10.6 Å². The van der Waals surface area contributed by atoms with E-state index in [1.807, 2.05) is 32.0 Å². The number of hydrogen-bond donors (Lipinski definition) is 1. The number of aliphatic hydroxyl groups excluding tert-OH is 1. The molecule has 6 nitrogen and oxygen atoms in total. The molecule has 1 aromatic heterocycles. The lowest BCUT2D eigenvalue weighted by Crippen LogP contribution is -2.29. The number of ketones is 1. The number of benzene rings is 3. The average Bonchev–Trinajstić information content (AvgIpc) is 3.37. The van der Waals surface area contributed by atoms with Gasteiger partial charge in [-0.1, -0.05) is 41.1 Å². The maximum atomic E-state index is 13.4. The number of hydrogen-bond acceptors (Lipinski definition) is 6. The summed E-state index contributed by atoms with van der Waals surface area (Å²) in [5, 5.41) is 12.2. The normalized spacial score (nSPS) is 17.4. The van der Waals surface area contributed by atoms with Crippen LogP contribution in [0.3, 0.4) is 0 Å². The summed E-state index contributed by atoms with van der Waals surface area (Å²) in [4.78, 5) is 32.7. The van der Waals surface area contributed by atoms with Gasteiger partial charge in [-0.3, -0.25) is 14.5 Å². The second-order valence-corrected chi connectivity index (χ2v) is 9.82. The second kappa shape index (κ2) is 8.83. The Morgan fingerprint density at radius 1 is 1.06 bits per heavy atom. The van der Waals surface area contributed by atoms with Crippen LogP contribution in [0, 0.1) is 13.8 Å². The van der Waals surface area contributed by atoms with E-state index >= 15 is 0 Å². The highest BCUT2D eigenvalue weighted by Gasteiger charge is 2.48. The lowest BCUT2D eigenvalue weighted by atomic mass is 9.95. The molecule has 3 aromatic carbocycles. The summed E-state index contributed by atoms with van der Waals surface area (Å²) in [6.07, 6.45) is 0. The number of aliphatic hydroxyl groups is 1. The van der Waals surface area contributed by atoms with Crippen LogP contribution in [0.4, 0.5) is 5.13 Å². The van der Waals surface area contributed by atoms with Gasteiger partial charge in [0.05, 0.1) is 28.9 Å². The molecule has 2 heterocycles. The van der Waals surface area contributed by atoms with Gasteiger partial charge in [0.1, 0.15) is 11.5 Å². The zero-order chi connectivity index (χ0) is 24.9. The van der Waals surface area contributed by atoms with Crippen LogP contribution in [0.25, 0.3) is 16.0 Å². The number of halogens is 1. The van der Waals surface area contributed by atoms with Crippen molar-refractivity contribution >= 4 is 55.7 Å². The standard InChI is InChI=1S/C27H21ClN2O4S/c1-14-4-10-19-21(12-14)35-27(29-19)30-23(16-5-8-18(28)9-6-16)22(25(32)26(30)33)24(31)17-7-11-20(34-3)15(2)13-17/h4-13,23,31H,1-3H3/b24-22+/t23-/m0/s1. The Morgan fingerprint density at radius 2 is 1.80 bits per heavy atom. The van der Waals surface area contributed by atoms with E-state index in [0.717, 1.165) is 21.3 Å². The van der Waals surface area contributed by atoms with Gasteiger partial charge in [-0.2, -0.15) is 0 Å². The summed E-state index contributed by atoms with van der Waals surface area (Å²) in [5.41, 5.74) is 3.64. The highest BCUT2D eigenvalue weighted by Crippen LogP contribution is 2.44. The number of nitrogens with zero attached hydrogens (tertiary/aromatic N) is 2. The van der Waals surface area contributed by atoms with Crippen LogP contribution in [0.5, 0.6) is 5.75 Å². The summed E-state index contributed by atoms with van der Waals surface area (Å²) in [5.74, 6) is -1.12. The summed E-state index contributed by atoms with van der Waals surface area (Å²) >= 11 is 7.44. The Bertz CT molecular complexity index is 1520. The highest BCUT2D eigenvalue weighted by atomic mass is 35.5. The molecule has 1 fully saturated rings. The molecule has 176 valence electrons. The maximum Gasteiger partial charge on any atom is 0.301 e. The van der Waals surface area contributed by atoms with E-state index in [0.29, 0.717) is 27.0 Å². The molecule has 0 spiro atoms. The molecule has 0 radical (unpaired) electrons. The van der Waals surface area contributed by atoms with Crippen molar-refractivity contribution in [3.8, 4) is 5.75 Å². The Kier molecular flexibility index (Phi) is 5.83. The van der Waals surface area contributed by atoms with E-state index in [1.54, 1.807) is 49.6 Å². The first-order chi connectivity index (χ1) is 16.8. The SMILES string of the molecule is COc1ccc(/C(O)=C2\C(=O)C(=O)N(c3nc4ccc(C)cc4s3)[C@H]2c2ccc(Cl)cc2)cc1C. The molecule has 4 aromatic rings. The summed E-state index contributed by atoms with van der Waals surface area (Å²) in [6.45, 7) is 3.82. The van der Waals surface area contributed by atoms with Gasteiger partial charge in [0.2, 0.25) is 0 Å². The minimum Gasteiger partial charge on any atom is -0.507 e. The zero-order valence-electron chi connectivity index (χ0n) is 19.2. The molecular weight excluding hydrogens is 484 g/mol. The largest absolute Gasteiger partial charge is 0.507 e. The Balaban J connectivity index is 1.72. The Labute approximate surface area is 211 Å². The summed E-state index contributed by atoms with van der Waals surface area (Å²) in [7, 11) is 1.56. The molecule has 0 bridgehead atoms. The topological polar surface area (TPSA) is 79.7 Å². The lowest BCUT2D eigenvalue weighted by molar-refractivity contribution is -0.132. The third kappa shape index (κ3) is 3.96. The van der Waals surface area contributed by atoms with E-state index in [1.165, 1.54) is 16.2 Å². The van der Waals surface area contributed by atoms with Crippen LogP contribution in [-0.2, 0) is 9.59 Å². The number of rotatable bonds is 4. The van der Waals surface area contributed by atoms with Crippen molar-refractivity contribution in [2.24, 2.45) is 0 Å². The zero-order valence-corrected chi connectivity index (χ0v) is 20.8. The monoisotopic (exact) mass is 504 g/mol. The van der Waals surface area contributed by atoms with Crippen LogP contribution >= 0.6 is 22.9 Å². The molecule has 0 saturated carbocycles. The number of aromatic nitrogens is 1. The van der Waals surface area contributed by atoms with E-state index in [-0.39, 0.29) is 11.3 Å². The molecule has 1 amide bonds. The molecule has 35 heavy (non-hydrogen) atoms. The summed E-state index contributed by atoms with van der Waals surface area (Å²) < 4.78 is 6.22. The molecule has 8 heteroatoms. The van der Waals surface area contributed by atoms with Gasteiger partial charge in [0.25, 0.3) is 5.78 Å². The Hall–Kier alpha value is -3.68. The molecule has 0 aliphatic carbocycles. The predicted octanol–water partition coefficient (Wildman–Crippen LogP) is 6.20. The van der Waals surface area contributed by atoms with Crippen molar-refractivity contribution in [1.29, 1.82) is 0 Å². The van der Waals surface area contributed by atoms with Gasteiger partial charge in [-0.25, -0.2) is 4.98 Å². The molecular formula is C27H21ClN2O4S. The number of Topliss-reactive ketones (excluding diaryl/α,β-unsaturated/α-hetero) is 1. The Morgan fingerprint density at radius 3 is 2.49 bits per heavy atom. The molecule has 1 aliphatic rings. The number of ether oxygens (including phenoxy) is 1. The van der Waals surface area contributed by atoms with E-state index in [9.17, 15) is 14.7 Å². The predicted molar refractivity (Wildman–Crippen MR) is 138 cm³/mol. The average molecular weight is 505 g/mol. The number of aryl methyl sites for hydroxylation is 2. The first-order valence-corrected chi connectivity index (χ1v) is 12.1. The number of amides is 1. The van der Waals surface area contributed by atoms with Crippen molar-refractivity contribution in [1.82, 2.24) is 4.98 Å². The van der Waals surface area contributed by atoms with Gasteiger partial charge < -0.3 is 9.84 Å².